The molecular formula is C14H11NO5. The predicted molar refractivity (Wildman–Crippen MR) is 70.0 cm³/mol. The minimum absolute atomic E-state index is 0.137. The zero-order valence-corrected chi connectivity index (χ0v) is 10.8. The largest absolute Gasteiger partial charge is 0.493 e. The van der Waals surface area contributed by atoms with Gasteiger partial charge in [0.05, 0.1) is 7.11 Å². The summed E-state index contributed by atoms with van der Waals surface area (Å²) < 4.78 is 15.9. The van der Waals surface area contributed by atoms with Crippen molar-refractivity contribution in [3.8, 4) is 17.1 Å². The van der Waals surface area contributed by atoms with Gasteiger partial charge in [0.25, 0.3) is 0 Å². The van der Waals surface area contributed by atoms with Gasteiger partial charge < -0.3 is 18.8 Å². The van der Waals surface area contributed by atoms with Crippen LogP contribution in [0.15, 0.2) is 33.2 Å². The number of benzene rings is 1. The van der Waals surface area contributed by atoms with E-state index in [1.54, 1.807) is 13.2 Å². The van der Waals surface area contributed by atoms with Gasteiger partial charge in [0.2, 0.25) is 0 Å². The first-order chi connectivity index (χ1) is 9.58. The van der Waals surface area contributed by atoms with Gasteiger partial charge in [0.15, 0.2) is 22.8 Å². The van der Waals surface area contributed by atoms with Gasteiger partial charge in [-0.15, -0.1) is 0 Å². The second-order valence-electron chi connectivity index (χ2n) is 4.34. The van der Waals surface area contributed by atoms with Crippen molar-refractivity contribution in [2.45, 2.75) is 6.92 Å². The number of nitrogens with zero attached hydrogens (tertiary/aromatic N) is 1. The number of carboxylic acids is 1. The smallest absolute Gasteiger partial charge is 0.358 e. The molecule has 3 aromatic rings. The molecule has 1 aromatic carbocycles. The lowest BCUT2D eigenvalue weighted by Gasteiger charge is -2.03. The van der Waals surface area contributed by atoms with Gasteiger partial charge in [-0.1, -0.05) is 5.16 Å². The standard InChI is InChI=1S/C14H11NO5/c1-7-3-9-4-8(5-12(18-2)13(9)19-7)11-6-10(14(16)17)15-20-11/h3-6H,1-2H3,(H,16,17). The second kappa shape index (κ2) is 4.41. The third-order valence-corrected chi connectivity index (χ3v) is 2.94. The number of fused-ring (bicyclic) bond motifs is 1. The minimum Gasteiger partial charge on any atom is -0.493 e. The van der Waals surface area contributed by atoms with Crippen LogP contribution in [0.2, 0.25) is 0 Å². The molecule has 0 aliphatic rings. The van der Waals surface area contributed by atoms with E-state index in [2.05, 4.69) is 5.16 Å². The van der Waals surface area contributed by atoms with Crippen molar-refractivity contribution in [2.75, 3.05) is 7.11 Å². The number of methoxy groups -OCH3 is 1. The fourth-order valence-corrected chi connectivity index (χ4v) is 2.06. The maximum absolute atomic E-state index is 10.8. The maximum Gasteiger partial charge on any atom is 0.358 e. The highest BCUT2D eigenvalue weighted by Crippen LogP contribution is 2.34. The van der Waals surface area contributed by atoms with E-state index >= 15 is 0 Å². The molecular weight excluding hydrogens is 262 g/mol. The van der Waals surface area contributed by atoms with Gasteiger partial charge in [-0.2, -0.15) is 0 Å². The summed E-state index contributed by atoms with van der Waals surface area (Å²) in [6, 6.07) is 6.80. The van der Waals surface area contributed by atoms with Gasteiger partial charge in [-0.05, 0) is 25.1 Å². The molecule has 2 aromatic heterocycles. The molecule has 0 amide bonds. The van der Waals surface area contributed by atoms with E-state index in [0.717, 1.165) is 11.1 Å². The molecule has 6 heteroatoms. The van der Waals surface area contributed by atoms with Crippen LogP contribution < -0.4 is 4.74 Å². The van der Waals surface area contributed by atoms with E-state index in [1.807, 2.05) is 19.1 Å². The number of furan rings is 1. The summed E-state index contributed by atoms with van der Waals surface area (Å²) in [5.41, 5.74) is 1.18. The molecule has 1 N–H and O–H groups in total. The Morgan fingerprint density at radius 2 is 2.10 bits per heavy atom. The number of carbonyl (C=O) groups is 1. The van der Waals surface area contributed by atoms with Crippen molar-refractivity contribution in [2.24, 2.45) is 0 Å². The molecule has 0 saturated carbocycles. The van der Waals surface area contributed by atoms with Gasteiger partial charge in [-0.25, -0.2) is 4.79 Å². The number of hydrogen-bond acceptors (Lipinski definition) is 5. The molecule has 0 spiro atoms. The Kier molecular flexibility index (Phi) is 2.71. The van der Waals surface area contributed by atoms with E-state index < -0.39 is 5.97 Å². The second-order valence-corrected chi connectivity index (χ2v) is 4.34. The summed E-state index contributed by atoms with van der Waals surface area (Å²) in [5.74, 6) is 0.548. The Morgan fingerprint density at radius 1 is 1.30 bits per heavy atom. The zero-order chi connectivity index (χ0) is 14.3. The summed E-state index contributed by atoms with van der Waals surface area (Å²) in [6.07, 6.45) is 0. The highest BCUT2D eigenvalue weighted by Gasteiger charge is 2.16. The fourth-order valence-electron chi connectivity index (χ4n) is 2.06. The summed E-state index contributed by atoms with van der Waals surface area (Å²) in [4.78, 5) is 10.8. The Bertz CT molecular complexity index is 799. The number of rotatable bonds is 3. The van der Waals surface area contributed by atoms with Crippen LogP contribution in [-0.4, -0.2) is 23.3 Å². The van der Waals surface area contributed by atoms with E-state index in [1.165, 1.54) is 6.07 Å². The van der Waals surface area contributed by atoms with Crippen molar-refractivity contribution in [1.82, 2.24) is 5.16 Å². The molecule has 0 unspecified atom stereocenters. The lowest BCUT2D eigenvalue weighted by atomic mass is 10.1. The molecule has 3 rings (SSSR count). The molecule has 6 nitrogen and oxygen atoms in total. The van der Waals surface area contributed by atoms with Crippen LogP contribution in [-0.2, 0) is 0 Å². The lowest BCUT2D eigenvalue weighted by Crippen LogP contribution is -1.94. The first-order valence-electron chi connectivity index (χ1n) is 5.87. The monoisotopic (exact) mass is 273 g/mol. The first kappa shape index (κ1) is 12.3. The van der Waals surface area contributed by atoms with E-state index in [9.17, 15) is 4.79 Å². The van der Waals surface area contributed by atoms with E-state index in [4.69, 9.17) is 18.8 Å². The highest BCUT2D eigenvalue weighted by atomic mass is 16.5. The van der Waals surface area contributed by atoms with Gasteiger partial charge in [0, 0.05) is 17.0 Å². The zero-order valence-electron chi connectivity index (χ0n) is 10.8. The minimum atomic E-state index is -1.13. The molecule has 20 heavy (non-hydrogen) atoms. The number of ether oxygens (including phenoxy) is 1. The number of hydrogen-bond donors (Lipinski definition) is 1. The topological polar surface area (TPSA) is 85.7 Å². The van der Waals surface area contributed by atoms with Crippen molar-refractivity contribution >= 4 is 16.9 Å². The van der Waals surface area contributed by atoms with Crippen LogP contribution in [0.3, 0.4) is 0 Å². The highest BCUT2D eigenvalue weighted by molar-refractivity contribution is 5.90. The summed E-state index contributed by atoms with van der Waals surface area (Å²) >= 11 is 0. The van der Waals surface area contributed by atoms with Gasteiger partial charge in [0.1, 0.15) is 5.76 Å². The molecule has 0 bridgehead atoms. The number of aromatic carboxylic acids is 1. The average molecular weight is 273 g/mol. The molecule has 0 fully saturated rings. The average Bonchev–Trinajstić information content (AvgIpc) is 3.02. The maximum atomic E-state index is 10.8. The van der Waals surface area contributed by atoms with Crippen LogP contribution in [0.1, 0.15) is 16.2 Å². The Morgan fingerprint density at radius 3 is 2.75 bits per heavy atom. The van der Waals surface area contributed by atoms with Crippen molar-refractivity contribution in [1.29, 1.82) is 0 Å². The molecule has 0 atom stereocenters. The third-order valence-electron chi connectivity index (χ3n) is 2.94. The summed E-state index contributed by atoms with van der Waals surface area (Å²) in [7, 11) is 1.54. The van der Waals surface area contributed by atoms with Crippen LogP contribution in [0.4, 0.5) is 0 Å². The van der Waals surface area contributed by atoms with E-state index in [0.29, 0.717) is 22.7 Å². The van der Waals surface area contributed by atoms with Crippen molar-refractivity contribution in [3.05, 3.63) is 35.7 Å². The normalized spacial score (nSPS) is 10.9. The van der Waals surface area contributed by atoms with Crippen LogP contribution in [0.25, 0.3) is 22.3 Å². The first-order valence-corrected chi connectivity index (χ1v) is 5.87. The molecule has 0 saturated heterocycles. The van der Waals surface area contributed by atoms with Gasteiger partial charge >= 0.3 is 5.97 Å². The summed E-state index contributed by atoms with van der Waals surface area (Å²) in [5, 5.41) is 13.2. The van der Waals surface area contributed by atoms with Crippen LogP contribution in [0.5, 0.6) is 5.75 Å². The Balaban J connectivity index is 2.17. The quantitative estimate of drug-likeness (QED) is 0.789. The fraction of sp³-hybridized carbons (Fsp3) is 0.143. The predicted octanol–water partition coefficient (Wildman–Crippen LogP) is 3.10. The summed E-state index contributed by atoms with van der Waals surface area (Å²) in [6.45, 7) is 1.84. The van der Waals surface area contributed by atoms with Crippen LogP contribution >= 0.6 is 0 Å². The number of aryl methyl sites for hydroxylation is 1. The number of carboxylic acid groups (broad SMARTS) is 1. The molecule has 0 aliphatic carbocycles. The van der Waals surface area contributed by atoms with Crippen molar-refractivity contribution < 1.29 is 23.6 Å². The molecule has 102 valence electrons. The molecule has 2 heterocycles. The molecule has 0 aliphatic heterocycles. The van der Waals surface area contributed by atoms with Crippen molar-refractivity contribution in [3.63, 3.8) is 0 Å². The SMILES string of the molecule is COc1cc(-c2cc(C(=O)O)no2)cc2cc(C)oc12. The van der Waals surface area contributed by atoms with Crippen LogP contribution in [0, 0.1) is 6.92 Å². The van der Waals surface area contributed by atoms with E-state index in [-0.39, 0.29) is 5.69 Å². The lowest BCUT2D eigenvalue weighted by molar-refractivity contribution is 0.0686. The number of aromatic nitrogens is 1. The Hall–Kier alpha value is -2.76. The van der Waals surface area contributed by atoms with Gasteiger partial charge in [-0.3, -0.25) is 0 Å². The molecule has 0 radical (unpaired) electrons. The third kappa shape index (κ3) is 1.91. The Labute approximate surface area is 113 Å².